The molecule has 0 aliphatic carbocycles. The third-order valence-corrected chi connectivity index (χ3v) is 3.17. The third kappa shape index (κ3) is 1.47. The summed E-state index contributed by atoms with van der Waals surface area (Å²) in [6.45, 7) is 1.14. The summed E-state index contributed by atoms with van der Waals surface area (Å²) in [6.07, 6.45) is 3.87. The van der Waals surface area contributed by atoms with E-state index in [0.29, 0.717) is 6.04 Å². The highest BCUT2D eigenvalue weighted by atomic mass is 32.1. The van der Waals surface area contributed by atoms with E-state index in [9.17, 15) is 0 Å². The number of nitrogens with one attached hydrogen (secondary N) is 1. The molecule has 3 heteroatoms. The first-order valence-corrected chi connectivity index (χ1v) is 5.32. The van der Waals surface area contributed by atoms with Crippen molar-refractivity contribution in [2.24, 2.45) is 0 Å². The lowest BCUT2D eigenvalue weighted by Crippen LogP contribution is -2.26. The molecule has 0 amide bonds. The molecular weight excluding hydrogens is 168 g/mol. The van der Waals surface area contributed by atoms with Crippen LogP contribution in [0, 0.1) is 0 Å². The number of nitrogen functional groups attached to an aromatic ring is 1. The second-order valence-corrected chi connectivity index (χ2v) is 4.19. The maximum atomic E-state index is 5.85. The molecule has 1 aromatic heterocycles. The second kappa shape index (κ2) is 3.46. The van der Waals surface area contributed by atoms with E-state index < -0.39 is 0 Å². The number of hydrogen-bond acceptors (Lipinski definition) is 3. The lowest BCUT2D eigenvalue weighted by Gasteiger charge is -2.23. The normalized spacial score (nSPS) is 24.2. The molecule has 12 heavy (non-hydrogen) atoms. The van der Waals surface area contributed by atoms with Gasteiger partial charge >= 0.3 is 0 Å². The first kappa shape index (κ1) is 8.08. The van der Waals surface area contributed by atoms with Crippen LogP contribution in [0.15, 0.2) is 11.4 Å². The van der Waals surface area contributed by atoms with Crippen LogP contribution in [0.4, 0.5) is 5.00 Å². The van der Waals surface area contributed by atoms with E-state index in [2.05, 4.69) is 16.8 Å². The molecule has 0 radical (unpaired) electrons. The Morgan fingerprint density at radius 2 is 2.42 bits per heavy atom. The molecule has 2 heterocycles. The Kier molecular flexibility index (Phi) is 2.33. The van der Waals surface area contributed by atoms with Crippen LogP contribution in [0.2, 0.25) is 0 Å². The van der Waals surface area contributed by atoms with Crippen LogP contribution in [0.25, 0.3) is 0 Å². The average molecular weight is 182 g/mol. The van der Waals surface area contributed by atoms with E-state index in [4.69, 9.17) is 5.73 Å². The summed E-state index contributed by atoms with van der Waals surface area (Å²) in [5.41, 5.74) is 7.16. The highest BCUT2D eigenvalue weighted by molar-refractivity contribution is 7.14. The van der Waals surface area contributed by atoms with Crippen molar-refractivity contribution in [1.82, 2.24) is 5.32 Å². The van der Waals surface area contributed by atoms with Crippen LogP contribution in [0.3, 0.4) is 0 Å². The van der Waals surface area contributed by atoms with Crippen LogP contribution >= 0.6 is 11.3 Å². The molecule has 1 fully saturated rings. The van der Waals surface area contributed by atoms with Crippen molar-refractivity contribution in [3.05, 3.63) is 17.0 Å². The molecule has 1 aromatic rings. The van der Waals surface area contributed by atoms with Crippen molar-refractivity contribution in [2.75, 3.05) is 12.3 Å². The van der Waals surface area contributed by atoms with E-state index in [1.165, 1.54) is 24.8 Å². The average Bonchev–Trinajstić information content (AvgIpc) is 2.53. The van der Waals surface area contributed by atoms with Gasteiger partial charge in [0.2, 0.25) is 0 Å². The molecule has 2 rings (SSSR count). The Bertz CT molecular complexity index is 251. The Morgan fingerprint density at radius 1 is 1.50 bits per heavy atom. The molecule has 0 bridgehead atoms. The zero-order chi connectivity index (χ0) is 8.39. The minimum Gasteiger partial charge on any atom is -0.390 e. The van der Waals surface area contributed by atoms with Gasteiger partial charge in [-0.3, -0.25) is 0 Å². The fourth-order valence-corrected chi connectivity index (χ4v) is 2.44. The van der Waals surface area contributed by atoms with Gasteiger partial charge in [0.15, 0.2) is 0 Å². The first-order chi connectivity index (χ1) is 5.88. The predicted molar refractivity (Wildman–Crippen MR) is 53.3 cm³/mol. The van der Waals surface area contributed by atoms with Crippen LogP contribution in [-0.4, -0.2) is 6.54 Å². The van der Waals surface area contributed by atoms with Crippen LogP contribution in [-0.2, 0) is 0 Å². The minimum atomic E-state index is 0.519. The molecule has 0 saturated carbocycles. The Morgan fingerprint density at radius 3 is 3.00 bits per heavy atom. The molecule has 0 aromatic carbocycles. The number of hydrogen-bond donors (Lipinski definition) is 2. The predicted octanol–water partition coefficient (Wildman–Crippen LogP) is 2.14. The van der Waals surface area contributed by atoms with Crippen LogP contribution in [0.5, 0.6) is 0 Å². The molecule has 3 N–H and O–H groups in total. The number of nitrogens with two attached hydrogens (primary N) is 1. The Hall–Kier alpha value is -0.540. The Balaban J connectivity index is 2.13. The monoisotopic (exact) mass is 182 g/mol. The number of piperidine rings is 1. The smallest absolute Gasteiger partial charge is 0.0904 e. The van der Waals surface area contributed by atoms with Crippen molar-refractivity contribution in [2.45, 2.75) is 25.3 Å². The molecule has 1 aliphatic rings. The number of anilines is 1. The fourth-order valence-electron chi connectivity index (χ4n) is 1.74. The van der Waals surface area contributed by atoms with Gasteiger partial charge in [0.1, 0.15) is 0 Å². The standard InChI is InChI=1S/C9H14N2S/c10-9-7(4-6-12-9)8-3-1-2-5-11-8/h4,6,8,11H,1-3,5,10H2/t8-/m0/s1. The Labute approximate surface area is 76.8 Å². The highest BCUT2D eigenvalue weighted by Crippen LogP contribution is 2.30. The van der Waals surface area contributed by atoms with Gasteiger partial charge in [0, 0.05) is 11.6 Å². The van der Waals surface area contributed by atoms with Crippen molar-refractivity contribution >= 4 is 16.3 Å². The van der Waals surface area contributed by atoms with Gasteiger partial charge in [-0.05, 0) is 30.8 Å². The van der Waals surface area contributed by atoms with Gasteiger partial charge in [0.25, 0.3) is 0 Å². The van der Waals surface area contributed by atoms with Gasteiger partial charge in [-0.15, -0.1) is 11.3 Å². The maximum absolute atomic E-state index is 5.85. The van der Waals surface area contributed by atoms with Gasteiger partial charge in [-0.25, -0.2) is 0 Å². The van der Waals surface area contributed by atoms with E-state index in [-0.39, 0.29) is 0 Å². The second-order valence-electron chi connectivity index (χ2n) is 3.24. The van der Waals surface area contributed by atoms with Crippen LogP contribution in [0.1, 0.15) is 30.9 Å². The van der Waals surface area contributed by atoms with E-state index in [0.717, 1.165) is 11.5 Å². The van der Waals surface area contributed by atoms with Gasteiger partial charge in [-0.2, -0.15) is 0 Å². The van der Waals surface area contributed by atoms with Crippen LogP contribution < -0.4 is 11.1 Å². The molecule has 1 aliphatic heterocycles. The summed E-state index contributed by atoms with van der Waals surface area (Å²) in [5, 5.41) is 6.54. The molecule has 1 atom stereocenters. The molecule has 0 spiro atoms. The van der Waals surface area contributed by atoms with Gasteiger partial charge in [0.05, 0.1) is 5.00 Å². The van der Waals surface area contributed by atoms with E-state index in [1.54, 1.807) is 11.3 Å². The molecule has 2 nitrogen and oxygen atoms in total. The van der Waals surface area contributed by atoms with Gasteiger partial charge < -0.3 is 11.1 Å². The summed E-state index contributed by atoms with van der Waals surface area (Å²) >= 11 is 1.64. The molecular formula is C9H14N2S. The van der Waals surface area contributed by atoms with Gasteiger partial charge in [-0.1, -0.05) is 6.42 Å². The zero-order valence-corrected chi connectivity index (χ0v) is 7.86. The van der Waals surface area contributed by atoms with Crippen molar-refractivity contribution in [3.63, 3.8) is 0 Å². The number of rotatable bonds is 1. The summed E-state index contributed by atoms with van der Waals surface area (Å²) in [6, 6.07) is 2.66. The van der Waals surface area contributed by atoms with Crippen molar-refractivity contribution in [1.29, 1.82) is 0 Å². The van der Waals surface area contributed by atoms with E-state index in [1.807, 2.05) is 0 Å². The minimum absolute atomic E-state index is 0.519. The summed E-state index contributed by atoms with van der Waals surface area (Å²) < 4.78 is 0. The molecule has 1 saturated heterocycles. The summed E-state index contributed by atoms with van der Waals surface area (Å²) in [4.78, 5) is 0. The lowest BCUT2D eigenvalue weighted by molar-refractivity contribution is 0.414. The maximum Gasteiger partial charge on any atom is 0.0904 e. The largest absolute Gasteiger partial charge is 0.390 e. The molecule has 0 unspecified atom stereocenters. The SMILES string of the molecule is Nc1sccc1[C@@H]1CCCCN1. The number of thiophene rings is 1. The van der Waals surface area contributed by atoms with Crippen molar-refractivity contribution in [3.8, 4) is 0 Å². The first-order valence-electron chi connectivity index (χ1n) is 4.44. The zero-order valence-electron chi connectivity index (χ0n) is 7.05. The summed E-state index contributed by atoms with van der Waals surface area (Å²) in [5.74, 6) is 0. The lowest BCUT2D eigenvalue weighted by atomic mass is 9.99. The molecule has 66 valence electrons. The fraction of sp³-hybridized carbons (Fsp3) is 0.556. The topological polar surface area (TPSA) is 38.0 Å². The van der Waals surface area contributed by atoms with Crippen molar-refractivity contribution < 1.29 is 0 Å². The highest BCUT2D eigenvalue weighted by Gasteiger charge is 2.16. The van der Waals surface area contributed by atoms with E-state index >= 15 is 0 Å². The quantitative estimate of drug-likeness (QED) is 0.698. The third-order valence-electron chi connectivity index (χ3n) is 2.41. The summed E-state index contributed by atoms with van der Waals surface area (Å²) in [7, 11) is 0.